The minimum absolute atomic E-state index is 0.142. The van der Waals surface area contributed by atoms with E-state index in [1.165, 1.54) is 11.7 Å². The number of nitrogens with zero attached hydrogens (tertiary/aromatic N) is 2. The molecule has 1 unspecified atom stereocenters. The highest BCUT2D eigenvalue weighted by Crippen LogP contribution is 2.32. The van der Waals surface area contributed by atoms with E-state index in [2.05, 4.69) is 8.75 Å². The molecular weight excluding hydrogens is 184 g/mol. The number of hydrogen-bond donors (Lipinski definition) is 1. The monoisotopic (exact) mass is 200 g/mol. The van der Waals surface area contributed by atoms with Gasteiger partial charge in [0.15, 0.2) is 0 Å². The number of hydrogen-bond acceptors (Lipinski definition) is 4. The smallest absolute Gasteiger partial charge is 0.0771 e. The van der Waals surface area contributed by atoms with E-state index < -0.39 is 5.60 Å². The summed E-state index contributed by atoms with van der Waals surface area (Å²) in [5.41, 5.74) is -0.00995. The average Bonchev–Trinajstić information content (AvgIpc) is 2.35. The summed E-state index contributed by atoms with van der Waals surface area (Å²) in [4.78, 5) is 0. The molecular formula is C9H16N2OS. The van der Waals surface area contributed by atoms with Gasteiger partial charge in [-0.15, -0.1) is 0 Å². The summed E-state index contributed by atoms with van der Waals surface area (Å²) in [6.07, 6.45) is 2.28. The van der Waals surface area contributed by atoms with Gasteiger partial charge in [0.1, 0.15) is 0 Å². The maximum absolute atomic E-state index is 10.2. The Morgan fingerprint density at radius 1 is 1.38 bits per heavy atom. The lowest BCUT2D eigenvalue weighted by molar-refractivity contribution is -0.0411. The van der Waals surface area contributed by atoms with Crippen LogP contribution in [0, 0.1) is 5.41 Å². The lowest BCUT2D eigenvalue weighted by atomic mass is 9.75. The Balaban J connectivity index is 2.73. The largest absolute Gasteiger partial charge is 0.389 e. The van der Waals surface area contributed by atoms with Crippen molar-refractivity contribution < 1.29 is 5.11 Å². The predicted molar refractivity (Wildman–Crippen MR) is 53.7 cm³/mol. The molecule has 0 amide bonds. The molecule has 0 aromatic carbocycles. The molecule has 74 valence electrons. The van der Waals surface area contributed by atoms with Gasteiger partial charge >= 0.3 is 0 Å². The van der Waals surface area contributed by atoms with Crippen LogP contribution in [0.3, 0.4) is 0 Å². The topological polar surface area (TPSA) is 46.0 Å². The van der Waals surface area contributed by atoms with Gasteiger partial charge in [0.25, 0.3) is 0 Å². The molecule has 0 aliphatic carbocycles. The van der Waals surface area contributed by atoms with Crippen LogP contribution in [0.15, 0.2) is 6.20 Å². The third-order valence-corrected chi connectivity index (χ3v) is 3.06. The van der Waals surface area contributed by atoms with Gasteiger partial charge in [-0.3, -0.25) is 0 Å². The molecule has 0 saturated carbocycles. The average molecular weight is 200 g/mol. The number of aromatic nitrogens is 2. The fourth-order valence-electron chi connectivity index (χ4n) is 0.880. The summed E-state index contributed by atoms with van der Waals surface area (Å²) in [6.45, 7) is 7.90. The molecule has 1 N–H and O–H groups in total. The van der Waals surface area contributed by atoms with Crippen LogP contribution >= 0.6 is 11.7 Å². The Hall–Kier alpha value is -0.480. The first-order valence-corrected chi connectivity index (χ1v) is 5.05. The van der Waals surface area contributed by atoms with E-state index >= 15 is 0 Å². The molecule has 3 nitrogen and oxygen atoms in total. The van der Waals surface area contributed by atoms with Crippen molar-refractivity contribution in [2.75, 3.05) is 0 Å². The quantitative estimate of drug-likeness (QED) is 0.792. The highest BCUT2D eigenvalue weighted by Gasteiger charge is 2.35. The molecule has 0 bridgehead atoms. The van der Waals surface area contributed by atoms with E-state index in [9.17, 15) is 5.11 Å². The first-order valence-electron chi connectivity index (χ1n) is 4.32. The third kappa shape index (κ3) is 2.48. The van der Waals surface area contributed by atoms with Crippen LogP contribution in [0.2, 0.25) is 0 Å². The fourth-order valence-corrected chi connectivity index (χ4v) is 1.31. The maximum Gasteiger partial charge on any atom is 0.0771 e. The SMILES string of the molecule is CC(C)(C)C(C)(O)Cc1cnsn1. The van der Waals surface area contributed by atoms with Crippen LogP contribution < -0.4 is 0 Å². The van der Waals surface area contributed by atoms with E-state index in [1.54, 1.807) is 6.20 Å². The number of aliphatic hydroxyl groups is 1. The minimum atomic E-state index is -0.733. The van der Waals surface area contributed by atoms with Gasteiger partial charge in [0.2, 0.25) is 0 Å². The van der Waals surface area contributed by atoms with Crippen LogP contribution in [0.25, 0.3) is 0 Å². The Kier molecular flexibility index (Phi) is 2.73. The summed E-state index contributed by atoms with van der Waals surface area (Å²) in [6, 6.07) is 0. The standard InChI is InChI=1S/C9H16N2OS/c1-8(2,3)9(4,12)5-7-6-10-13-11-7/h6,12H,5H2,1-4H3. The van der Waals surface area contributed by atoms with Crippen LogP contribution in [-0.4, -0.2) is 19.5 Å². The maximum atomic E-state index is 10.2. The second kappa shape index (κ2) is 3.35. The molecule has 1 atom stereocenters. The van der Waals surface area contributed by atoms with Gasteiger partial charge in [0, 0.05) is 6.42 Å². The van der Waals surface area contributed by atoms with Crippen LogP contribution in [0.4, 0.5) is 0 Å². The lowest BCUT2D eigenvalue weighted by Crippen LogP contribution is -2.41. The third-order valence-electron chi connectivity index (χ3n) is 2.55. The first-order chi connectivity index (χ1) is 5.83. The van der Waals surface area contributed by atoms with Crippen molar-refractivity contribution in [3.63, 3.8) is 0 Å². The van der Waals surface area contributed by atoms with Gasteiger partial charge < -0.3 is 5.11 Å². The lowest BCUT2D eigenvalue weighted by Gasteiger charge is -2.36. The Labute approximate surface area is 83.1 Å². The molecule has 0 fully saturated rings. The van der Waals surface area contributed by atoms with Gasteiger partial charge in [-0.1, -0.05) is 20.8 Å². The Morgan fingerprint density at radius 3 is 2.38 bits per heavy atom. The molecule has 1 rings (SSSR count). The molecule has 13 heavy (non-hydrogen) atoms. The van der Waals surface area contributed by atoms with E-state index in [4.69, 9.17) is 0 Å². The summed E-state index contributed by atoms with van der Waals surface area (Å²) in [7, 11) is 0. The van der Waals surface area contributed by atoms with Gasteiger partial charge in [-0.05, 0) is 12.3 Å². The summed E-state index contributed by atoms with van der Waals surface area (Å²) < 4.78 is 7.99. The molecule has 0 spiro atoms. The minimum Gasteiger partial charge on any atom is -0.389 e. The molecule has 1 aromatic rings. The molecule has 4 heteroatoms. The first kappa shape index (κ1) is 10.6. The van der Waals surface area contributed by atoms with Crippen molar-refractivity contribution in [2.45, 2.75) is 39.7 Å². The van der Waals surface area contributed by atoms with Crippen LogP contribution in [-0.2, 0) is 6.42 Å². The molecule has 0 saturated heterocycles. The van der Waals surface area contributed by atoms with Gasteiger partial charge in [-0.25, -0.2) is 0 Å². The van der Waals surface area contributed by atoms with E-state index in [1.807, 2.05) is 27.7 Å². The highest BCUT2D eigenvalue weighted by atomic mass is 32.1. The Morgan fingerprint density at radius 2 is 2.00 bits per heavy atom. The van der Waals surface area contributed by atoms with E-state index in [0.29, 0.717) is 6.42 Å². The summed E-state index contributed by atoms with van der Waals surface area (Å²) >= 11 is 1.18. The van der Waals surface area contributed by atoms with Crippen molar-refractivity contribution in [1.29, 1.82) is 0 Å². The molecule has 1 heterocycles. The van der Waals surface area contributed by atoms with Gasteiger partial charge in [0.05, 0.1) is 29.2 Å². The zero-order valence-corrected chi connectivity index (χ0v) is 9.35. The number of rotatable bonds is 2. The molecule has 0 radical (unpaired) electrons. The highest BCUT2D eigenvalue weighted by molar-refractivity contribution is 6.99. The van der Waals surface area contributed by atoms with Gasteiger partial charge in [-0.2, -0.15) is 8.75 Å². The van der Waals surface area contributed by atoms with Crippen molar-refractivity contribution in [2.24, 2.45) is 5.41 Å². The second-order valence-electron chi connectivity index (χ2n) is 4.60. The predicted octanol–water partition coefficient (Wildman–Crippen LogP) is 1.88. The van der Waals surface area contributed by atoms with Crippen LogP contribution in [0.1, 0.15) is 33.4 Å². The van der Waals surface area contributed by atoms with Crippen molar-refractivity contribution >= 4 is 11.7 Å². The fraction of sp³-hybridized carbons (Fsp3) is 0.778. The van der Waals surface area contributed by atoms with E-state index in [-0.39, 0.29) is 5.41 Å². The van der Waals surface area contributed by atoms with Crippen molar-refractivity contribution in [1.82, 2.24) is 8.75 Å². The van der Waals surface area contributed by atoms with Crippen LogP contribution in [0.5, 0.6) is 0 Å². The van der Waals surface area contributed by atoms with Crippen molar-refractivity contribution in [3.05, 3.63) is 11.9 Å². The molecule has 1 aromatic heterocycles. The Bertz CT molecular complexity index is 262. The molecule has 0 aliphatic heterocycles. The second-order valence-corrected chi connectivity index (χ2v) is 5.16. The molecule has 0 aliphatic rings. The zero-order valence-electron chi connectivity index (χ0n) is 8.53. The normalized spacial score (nSPS) is 17.0. The van der Waals surface area contributed by atoms with Crippen molar-refractivity contribution in [3.8, 4) is 0 Å². The summed E-state index contributed by atoms with van der Waals surface area (Å²) in [5, 5.41) is 10.2. The zero-order chi connectivity index (χ0) is 10.1. The summed E-state index contributed by atoms with van der Waals surface area (Å²) in [5.74, 6) is 0. The van der Waals surface area contributed by atoms with E-state index in [0.717, 1.165) is 5.69 Å².